The average Bonchev–Trinajstić information content (AvgIpc) is 3.48. The highest BCUT2D eigenvalue weighted by atomic mass is 16.3. The summed E-state index contributed by atoms with van der Waals surface area (Å²) >= 11 is 0. The lowest BCUT2D eigenvalue weighted by Crippen LogP contribution is -2.52. The summed E-state index contributed by atoms with van der Waals surface area (Å²) in [4.78, 5) is 40.5. The fourth-order valence-corrected chi connectivity index (χ4v) is 5.39. The second kappa shape index (κ2) is 10.4. The molecule has 0 radical (unpaired) electrons. The van der Waals surface area contributed by atoms with Crippen molar-refractivity contribution in [1.82, 2.24) is 20.2 Å². The lowest BCUT2D eigenvalue weighted by atomic mass is 9.69. The van der Waals surface area contributed by atoms with Crippen LogP contribution in [0.4, 0.5) is 0 Å². The number of nitrogens with zero attached hydrogens (tertiary/aromatic N) is 2. The van der Waals surface area contributed by atoms with Crippen molar-refractivity contribution in [1.29, 1.82) is 0 Å². The molecular formula is C23H30N4O5. The van der Waals surface area contributed by atoms with Crippen LogP contribution in [-0.4, -0.2) is 62.6 Å². The third-order valence-electron chi connectivity index (χ3n) is 6.54. The molecule has 0 unspecified atom stereocenters. The van der Waals surface area contributed by atoms with Crippen molar-refractivity contribution >= 4 is 18.9 Å². The van der Waals surface area contributed by atoms with Gasteiger partial charge < -0.3 is 25.4 Å². The monoisotopic (exact) mass is 442 g/mol. The lowest BCUT2D eigenvalue weighted by molar-refractivity contribution is -0.144. The Hall–Kier alpha value is -3.20. The molecule has 2 bridgehead atoms. The van der Waals surface area contributed by atoms with Crippen molar-refractivity contribution in [3.05, 3.63) is 53.1 Å². The number of benzene rings is 1. The van der Waals surface area contributed by atoms with Gasteiger partial charge in [0.2, 0.25) is 5.91 Å². The molecule has 0 saturated carbocycles. The first-order chi connectivity index (χ1) is 15.5. The largest absolute Gasteiger partial charge is 0.483 e. The van der Waals surface area contributed by atoms with Crippen LogP contribution >= 0.6 is 0 Å². The molecule has 4 heterocycles. The summed E-state index contributed by atoms with van der Waals surface area (Å²) in [5.74, 6) is 1.28. The normalized spacial score (nSPS) is 25.0. The van der Waals surface area contributed by atoms with Crippen molar-refractivity contribution in [3.8, 4) is 0 Å². The quantitative estimate of drug-likeness (QED) is 0.532. The van der Waals surface area contributed by atoms with Crippen molar-refractivity contribution in [2.75, 3.05) is 6.54 Å². The predicted molar refractivity (Wildman–Crippen MR) is 117 cm³/mol. The number of carboxylic acid groups (broad SMARTS) is 2. The second-order valence-electron chi connectivity index (χ2n) is 8.45. The van der Waals surface area contributed by atoms with Gasteiger partial charge in [-0.15, -0.1) is 0 Å². The Morgan fingerprint density at radius 2 is 1.91 bits per heavy atom. The number of hydrogen-bond donors (Lipinski definition) is 4. The molecule has 32 heavy (non-hydrogen) atoms. The number of nitrogens with one attached hydrogen (secondary N) is 2. The summed E-state index contributed by atoms with van der Waals surface area (Å²) in [6, 6.07) is 11.3. The number of carbonyl (C=O) groups is 3. The molecule has 5 rings (SSSR count). The van der Waals surface area contributed by atoms with Gasteiger partial charge in [0.25, 0.3) is 12.9 Å². The Bertz CT molecular complexity index is 926. The molecule has 3 aliphatic heterocycles. The van der Waals surface area contributed by atoms with Crippen LogP contribution in [0.25, 0.3) is 0 Å². The number of carbonyl (C=O) groups excluding carboxylic acids is 1. The van der Waals surface area contributed by atoms with Crippen LogP contribution in [-0.2, 0) is 33.8 Å². The summed E-state index contributed by atoms with van der Waals surface area (Å²) in [5, 5.41) is 17.5. The SMILES string of the molecule is Cc1nc2c([nH]1)CN(C(=O)[C@@]1(Cc3ccccc3)C[C@H]3CC[C@@H]1N3)CC2.O=CO.O=CO. The van der Waals surface area contributed by atoms with Gasteiger partial charge in [-0.1, -0.05) is 30.3 Å². The van der Waals surface area contributed by atoms with E-state index in [9.17, 15) is 4.79 Å². The van der Waals surface area contributed by atoms with Crippen LogP contribution in [0.15, 0.2) is 30.3 Å². The van der Waals surface area contributed by atoms with Gasteiger partial charge >= 0.3 is 0 Å². The van der Waals surface area contributed by atoms with Gasteiger partial charge in [-0.2, -0.15) is 0 Å². The van der Waals surface area contributed by atoms with E-state index in [4.69, 9.17) is 19.8 Å². The van der Waals surface area contributed by atoms with Gasteiger partial charge in [-0.05, 0) is 38.2 Å². The molecule has 1 amide bonds. The Morgan fingerprint density at radius 3 is 2.50 bits per heavy atom. The topological polar surface area (TPSA) is 136 Å². The molecular weight excluding hydrogens is 412 g/mol. The average molecular weight is 443 g/mol. The summed E-state index contributed by atoms with van der Waals surface area (Å²) in [7, 11) is 0. The highest BCUT2D eigenvalue weighted by Crippen LogP contribution is 2.47. The van der Waals surface area contributed by atoms with E-state index in [2.05, 4.69) is 44.5 Å². The number of H-pyrrole nitrogens is 1. The number of aromatic nitrogens is 2. The summed E-state index contributed by atoms with van der Waals surface area (Å²) in [5.41, 5.74) is 3.23. The van der Waals surface area contributed by atoms with E-state index in [-0.39, 0.29) is 18.4 Å². The molecule has 9 nitrogen and oxygen atoms in total. The minimum atomic E-state index is -0.295. The zero-order valence-corrected chi connectivity index (χ0v) is 18.2. The van der Waals surface area contributed by atoms with Crippen molar-refractivity contribution in [3.63, 3.8) is 0 Å². The van der Waals surface area contributed by atoms with Gasteiger partial charge in [0, 0.05) is 25.0 Å². The molecule has 2 fully saturated rings. The van der Waals surface area contributed by atoms with Gasteiger partial charge in [-0.3, -0.25) is 14.4 Å². The van der Waals surface area contributed by atoms with Crippen molar-refractivity contribution < 1.29 is 24.6 Å². The van der Waals surface area contributed by atoms with Gasteiger partial charge in [-0.25, -0.2) is 4.98 Å². The number of aromatic amines is 1. The maximum absolute atomic E-state index is 13.8. The molecule has 4 N–H and O–H groups in total. The Morgan fingerprint density at radius 1 is 1.22 bits per heavy atom. The third-order valence-corrected chi connectivity index (χ3v) is 6.54. The molecule has 9 heteroatoms. The Kier molecular flexibility index (Phi) is 7.63. The van der Waals surface area contributed by atoms with Gasteiger partial charge in [0.1, 0.15) is 5.82 Å². The fourth-order valence-electron chi connectivity index (χ4n) is 5.39. The van der Waals surface area contributed by atoms with Crippen molar-refractivity contribution in [2.45, 2.75) is 57.7 Å². The number of hydrogen-bond acceptors (Lipinski definition) is 5. The number of aryl methyl sites for hydroxylation is 1. The molecule has 172 valence electrons. The first-order valence-electron chi connectivity index (χ1n) is 10.8. The maximum Gasteiger partial charge on any atom is 0.290 e. The van der Waals surface area contributed by atoms with Crippen LogP contribution < -0.4 is 5.32 Å². The second-order valence-corrected chi connectivity index (χ2v) is 8.45. The van der Waals surface area contributed by atoms with E-state index in [1.807, 2.05) is 13.0 Å². The molecule has 1 aromatic heterocycles. The first-order valence-corrected chi connectivity index (χ1v) is 10.8. The maximum atomic E-state index is 13.8. The zero-order valence-electron chi connectivity index (χ0n) is 18.2. The molecule has 0 aliphatic carbocycles. The Balaban J connectivity index is 0.000000437. The van der Waals surface area contributed by atoms with E-state index < -0.39 is 0 Å². The summed E-state index contributed by atoms with van der Waals surface area (Å²) in [6.45, 7) is 2.94. The number of fused-ring (bicyclic) bond motifs is 3. The van der Waals surface area contributed by atoms with Crippen LogP contribution in [0.3, 0.4) is 0 Å². The third kappa shape index (κ3) is 4.83. The van der Waals surface area contributed by atoms with E-state index >= 15 is 0 Å². The fraction of sp³-hybridized carbons (Fsp3) is 0.478. The molecule has 1 aromatic carbocycles. The molecule has 3 atom stereocenters. The summed E-state index contributed by atoms with van der Waals surface area (Å²) in [6.07, 6.45) is 4.99. The standard InChI is InChI=1S/C21H26N4O.2CH2O2/c1-14-22-17-9-10-25(13-18(17)23-14)20(26)21(11-15-5-3-2-4-6-15)12-16-7-8-19(21)24-16;2*2-1-3/h2-6,16,19,24H,7-13H2,1H3,(H,22,23);2*1H,(H,2,3)/t16-,19+,21+;;/m1../s1. The predicted octanol–water partition coefficient (Wildman–Crippen LogP) is 1.76. The first kappa shape index (κ1) is 23.5. The smallest absolute Gasteiger partial charge is 0.290 e. The number of rotatable bonds is 3. The molecule has 2 aromatic rings. The minimum Gasteiger partial charge on any atom is -0.483 e. The van der Waals surface area contributed by atoms with Gasteiger partial charge in [0.05, 0.1) is 23.3 Å². The highest BCUT2D eigenvalue weighted by Gasteiger charge is 2.56. The van der Waals surface area contributed by atoms with Gasteiger partial charge in [0.15, 0.2) is 0 Å². The lowest BCUT2D eigenvalue weighted by Gasteiger charge is -2.40. The van der Waals surface area contributed by atoms with Crippen LogP contribution in [0.2, 0.25) is 0 Å². The van der Waals surface area contributed by atoms with E-state index in [0.29, 0.717) is 24.5 Å². The van der Waals surface area contributed by atoms with Crippen LogP contribution in [0, 0.1) is 12.3 Å². The number of imidazole rings is 1. The van der Waals surface area contributed by atoms with Crippen molar-refractivity contribution in [2.24, 2.45) is 5.41 Å². The minimum absolute atomic E-state index is 0.250. The highest BCUT2D eigenvalue weighted by molar-refractivity contribution is 5.85. The van der Waals surface area contributed by atoms with Crippen LogP contribution in [0.1, 0.15) is 42.0 Å². The van der Waals surface area contributed by atoms with E-state index in [1.165, 1.54) is 12.0 Å². The van der Waals surface area contributed by atoms with Crippen LogP contribution in [0.5, 0.6) is 0 Å². The summed E-state index contributed by atoms with van der Waals surface area (Å²) < 4.78 is 0. The molecule has 0 spiro atoms. The number of amides is 1. The molecule has 2 saturated heterocycles. The zero-order chi connectivity index (χ0) is 23.1. The van der Waals surface area contributed by atoms with E-state index in [1.54, 1.807) is 0 Å². The van der Waals surface area contributed by atoms with E-state index in [0.717, 1.165) is 49.4 Å². The molecule has 3 aliphatic rings. The Labute approximate surface area is 186 Å².